The number of carboxylic acids is 12. The van der Waals surface area contributed by atoms with E-state index in [1.54, 1.807) is 0 Å². The number of rotatable bonds is 62. The molecule has 2 fully saturated rings. The molecule has 0 spiro atoms. The summed E-state index contributed by atoms with van der Waals surface area (Å²) in [5, 5.41) is 222. The molecule has 0 saturated carbocycles. The molecule has 3 amide bonds. The Morgan fingerprint density at radius 2 is 0.580 bits per heavy atom. The second kappa shape index (κ2) is 51.0. The highest BCUT2D eigenvalue weighted by atomic mass is 16.7. The number of carboxylic acid groups (broad SMARTS) is 12. The number of nitrogens with one attached hydrogen (secondary N) is 3. The van der Waals surface area contributed by atoms with Gasteiger partial charge in [-0.2, -0.15) is 0 Å². The molecule has 0 aromatic heterocycles. The molecular weight excluding hydrogens is 1530 g/mol. The van der Waals surface area contributed by atoms with E-state index in [2.05, 4.69) is 16.0 Å². The number of aliphatic carboxylic acids is 12. The summed E-state index contributed by atoms with van der Waals surface area (Å²) >= 11 is 0. The normalized spacial score (nSPS) is 21.1. The van der Waals surface area contributed by atoms with E-state index in [0.717, 1.165) is 44.1 Å². The van der Waals surface area contributed by atoms with Gasteiger partial charge in [0.15, 0.2) is 12.6 Å². The Morgan fingerprint density at radius 3 is 0.857 bits per heavy atom. The van der Waals surface area contributed by atoms with Gasteiger partial charge in [0.05, 0.1) is 131 Å². The largest absolute Gasteiger partial charge is 0.480 e. The Labute approximate surface area is 634 Å². The van der Waals surface area contributed by atoms with E-state index in [1.807, 2.05) is 0 Å². The maximum Gasteiger partial charge on any atom is 0.317 e. The van der Waals surface area contributed by atoms with E-state index in [9.17, 15) is 179 Å². The minimum absolute atomic E-state index is 0.314. The number of carbonyl (C=O) groups is 15. The van der Waals surface area contributed by atoms with Crippen LogP contribution in [0.15, 0.2) is 0 Å². The van der Waals surface area contributed by atoms with Crippen molar-refractivity contribution in [1.29, 1.82) is 0 Å². The Balaban J connectivity index is 2.78. The maximum absolute atomic E-state index is 14.5. The zero-order valence-corrected chi connectivity index (χ0v) is 60.2. The van der Waals surface area contributed by atoms with E-state index in [1.165, 1.54) is 0 Å². The Kier molecular flexibility index (Phi) is 45.2. The van der Waals surface area contributed by atoms with E-state index >= 15 is 0 Å². The van der Waals surface area contributed by atoms with Crippen molar-refractivity contribution < 1.29 is 198 Å². The molecule has 640 valence electrons. The Morgan fingerprint density at radius 1 is 0.321 bits per heavy atom. The highest BCUT2D eigenvalue weighted by Crippen LogP contribution is 2.31. The number of aliphatic hydroxyl groups excluding tert-OH is 9. The van der Waals surface area contributed by atoms with Gasteiger partial charge in [-0.15, -0.1) is 0 Å². The van der Waals surface area contributed by atoms with Crippen LogP contribution in [0.3, 0.4) is 0 Å². The zero-order valence-electron chi connectivity index (χ0n) is 60.2. The minimum atomic E-state index is -2.52. The number of hydrogen-bond acceptors (Lipinski definition) is 37. The van der Waals surface area contributed by atoms with Crippen molar-refractivity contribution in [1.82, 2.24) is 60.0 Å². The summed E-state index contributed by atoms with van der Waals surface area (Å²) in [4.78, 5) is 192. The first kappa shape index (κ1) is 99.2. The lowest BCUT2D eigenvalue weighted by Gasteiger charge is -2.49. The molecule has 52 heteroatoms. The molecule has 0 aliphatic carbocycles. The van der Waals surface area contributed by atoms with Crippen molar-refractivity contribution in [3.05, 3.63) is 0 Å². The van der Waals surface area contributed by atoms with Gasteiger partial charge in [0.25, 0.3) is 0 Å². The molecule has 2 saturated heterocycles. The van der Waals surface area contributed by atoms with E-state index in [-0.39, 0.29) is 45.8 Å². The van der Waals surface area contributed by atoms with Crippen LogP contribution in [0.4, 0.5) is 0 Å². The highest BCUT2D eigenvalue weighted by molar-refractivity contribution is 5.81. The lowest BCUT2D eigenvalue weighted by Crippen LogP contribution is -2.70. The maximum atomic E-state index is 14.5. The first-order valence-electron chi connectivity index (χ1n) is 33.9. The SMILES string of the molecule is O=C(O)CN(CCN(CC(=O)O)CC(=O)O)CCN(CC(=O)O)CC(=O)N[C@H]1[C@H](O[C@@H]([C@H](O)[C@@H](CO)NC(=O)CN(CCN(CCN(CC(=O)O)CC(=O)O)CC(=O)O)CC(=O)O)[C@H](O)CO)O[C@H](CO)[C@@H](O[C@@H]2O[C@H](CO)[C@@H](O)[C@H](O)[C@H]2NC(=O)CN(CCN(CCN(CC(=O)O)CC(=O)O)CC(=O)O)CC(=O)O)[C@@H]1O. The number of aliphatic hydroxyl groups is 9. The van der Waals surface area contributed by atoms with Gasteiger partial charge in [-0.05, 0) is 0 Å². The lowest BCUT2D eigenvalue weighted by atomic mass is 9.94. The van der Waals surface area contributed by atoms with Gasteiger partial charge in [0.2, 0.25) is 17.7 Å². The van der Waals surface area contributed by atoms with Crippen LogP contribution in [0.1, 0.15) is 0 Å². The van der Waals surface area contributed by atoms with Gasteiger partial charge < -0.3 is 142 Å². The van der Waals surface area contributed by atoms with Crippen molar-refractivity contribution in [2.75, 3.05) is 203 Å². The summed E-state index contributed by atoms with van der Waals surface area (Å²) < 4.78 is 23.8. The fraction of sp³-hybridized carbons (Fsp3) is 0.750. The molecule has 14 atom stereocenters. The second-order valence-electron chi connectivity index (χ2n) is 25.7. The van der Waals surface area contributed by atoms with E-state index in [0.29, 0.717) is 0 Å². The average Bonchev–Trinajstić information content (AvgIpc) is 0.773. The summed E-state index contributed by atoms with van der Waals surface area (Å²) in [6.45, 7) is -23.2. The first-order valence-corrected chi connectivity index (χ1v) is 33.9. The number of amides is 3. The third kappa shape index (κ3) is 39.1. The molecule has 2 rings (SSSR count). The number of hydrogen-bond donors (Lipinski definition) is 24. The molecule has 24 N–H and O–H groups in total. The Hall–Kier alpha value is -8.83. The van der Waals surface area contributed by atoms with Crippen LogP contribution < -0.4 is 16.0 Å². The highest BCUT2D eigenvalue weighted by Gasteiger charge is 2.54. The fourth-order valence-corrected chi connectivity index (χ4v) is 11.5. The quantitative estimate of drug-likeness (QED) is 0.0269. The summed E-state index contributed by atoms with van der Waals surface area (Å²) in [6.07, 6.45) is -25.3. The van der Waals surface area contributed by atoms with Crippen molar-refractivity contribution in [2.24, 2.45) is 0 Å². The molecule has 2 heterocycles. The van der Waals surface area contributed by atoms with Crippen LogP contribution >= 0.6 is 0 Å². The smallest absolute Gasteiger partial charge is 0.317 e. The Bertz CT molecular complexity index is 3050. The van der Waals surface area contributed by atoms with Crippen LogP contribution in [0, 0.1) is 0 Å². The molecule has 0 aromatic rings. The van der Waals surface area contributed by atoms with Crippen LogP contribution in [0.5, 0.6) is 0 Å². The van der Waals surface area contributed by atoms with Crippen LogP contribution in [0.25, 0.3) is 0 Å². The molecule has 0 unspecified atom stereocenters. The minimum Gasteiger partial charge on any atom is -0.480 e. The van der Waals surface area contributed by atoms with Crippen molar-refractivity contribution >= 4 is 89.4 Å². The molecule has 0 aromatic carbocycles. The molecule has 2 aliphatic rings. The number of ether oxygens (including phenoxy) is 4. The number of nitrogens with zero attached hydrogens (tertiary/aromatic N) is 9. The summed E-state index contributed by atoms with van der Waals surface area (Å²) in [6, 6.07) is -6.50. The summed E-state index contributed by atoms with van der Waals surface area (Å²) in [5.74, 6) is -21.6. The monoisotopic (exact) mass is 1630 g/mol. The van der Waals surface area contributed by atoms with Gasteiger partial charge in [0.1, 0.15) is 67.0 Å². The molecule has 0 radical (unpaired) electrons. The van der Waals surface area contributed by atoms with E-state index < -0.39 is 332 Å². The summed E-state index contributed by atoms with van der Waals surface area (Å²) in [7, 11) is 0. The first-order chi connectivity index (χ1) is 52.5. The standard InChI is InChI=1S/C60H100N12O40/c73-28-32(61-36(78)13-67(19-42(87)88)7-1-64(16-39(81)82)4-10-70(22-45(93)94)23-46(95)96)53(105)57(33(77)29-74)111-60-52(63-38(80)15-69(21-44(91)92)9-3-66(18-41(85)86)6-12-72(26-49(101)102)27-50(103)104)56(108)58(35(31-76)110-60)112-59-51(55(107)54(106)34(30-75)109-59)62-37(79)14-68(20-43(89)90)8-2-65(17-40(83)84)5-11-71(24-47(97)98)25-48(99)100/h32-35,51-60,73-77,105-108H,1-31H2,(H,61,78)(H,62,79)(H,63,80)(H,81,82)(H,83,84)(H,85,86)(H,87,88)(H,89,90)(H,91,92)(H,93,94)(H,95,96)(H,97,98)(H,99,100)(H,101,102)(H,103,104)/t32-,33-,34-,35-,51-,52-,53-,54-,55-,56-,57-,58-,59+,60+/m1/s1. The van der Waals surface area contributed by atoms with Gasteiger partial charge in [-0.3, -0.25) is 116 Å². The van der Waals surface area contributed by atoms with Crippen molar-refractivity contribution in [3.8, 4) is 0 Å². The van der Waals surface area contributed by atoms with Gasteiger partial charge in [-0.1, -0.05) is 0 Å². The topological polar surface area (TPSA) is 783 Å². The van der Waals surface area contributed by atoms with Gasteiger partial charge in [0, 0.05) is 78.5 Å². The number of carbonyl (C=O) groups excluding carboxylic acids is 3. The molecule has 2 aliphatic heterocycles. The van der Waals surface area contributed by atoms with Crippen LogP contribution in [-0.4, -0.2) is 529 Å². The molecule has 112 heavy (non-hydrogen) atoms. The van der Waals surface area contributed by atoms with E-state index in [4.69, 9.17) is 18.9 Å². The third-order valence-electron chi connectivity index (χ3n) is 16.6. The molecular formula is C60H100N12O40. The third-order valence-corrected chi connectivity index (χ3v) is 16.6. The van der Waals surface area contributed by atoms with Gasteiger partial charge in [-0.25, -0.2) is 0 Å². The molecule has 0 bridgehead atoms. The van der Waals surface area contributed by atoms with Crippen molar-refractivity contribution in [3.63, 3.8) is 0 Å². The second-order valence-corrected chi connectivity index (χ2v) is 25.7. The van der Waals surface area contributed by atoms with Gasteiger partial charge >= 0.3 is 71.6 Å². The molecule has 52 nitrogen and oxygen atoms in total. The summed E-state index contributed by atoms with van der Waals surface area (Å²) in [5.41, 5.74) is 0. The average molecular weight is 1630 g/mol. The fourth-order valence-electron chi connectivity index (χ4n) is 11.5. The predicted octanol–water partition coefficient (Wildman–Crippen LogP) is -15.8. The predicted molar refractivity (Wildman–Crippen MR) is 361 cm³/mol. The lowest BCUT2D eigenvalue weighted by molar-refractivity contribution is -0.341. The zero-order chi connectivity index (χ0) is 84.8. The van der Waals surface area contributed by atoms with Crippen LogP contribution in [0.2, 0.25) is 0 Å². The van der Waals surface area contributed by atoms with Crippen molar-refractivity contribution in [2.45, 2.75) is 85.6 Å². The van der Waals surface area contributed by atoms with Crippen LogP contribution in [-0.2, 0) is 90.9 Å².